The van der Waals surface area contributed by atoms with E-state index in [1.807, 2.05) is 31.2 Å². The van der Waals surface area contributed by atoms with Gasteiger partial charge < -0.3 is 15.6 Å². The summed E-state index contributed by atoms with van der Waals surface area (Å²) in [5.74, 6) is 0. The molecule has 0 bridgehead atoms. The lowest BCUT2D eigenvalue weighted by molar-refractivity contribution is 0.252. The van der Waals surface area contributed by atoms with Gasteiger partial charge in [-0.3, -0.25) is 4.90 Å². The lowest BCUT2D eigenvalue weighted by Gasteiger charge is -2.15. The summed E-state index contributed by atoms with van der Waals surface area (Å²) in [6, 6.07) is 7.81. The largest absolute Gasteiger partial charge is 0.379 e. The van der Waals surface area contributed by atoms with E-state index in [4.69, 9.17) is 0 Å². The molecule has 2 amide bonds. The molecule has 3 N–H and O–H groups in total. The molecule has 1 aromatic heterocycles. The molecule has 104 valence electrons. The molecule has 20 heavy (non-hydrogen) atoms. The highest BCUT2D eigenvalue weighted by molar-refractivity contribution is 5.94. The van der Waals surface area contributed by atoms with Crippen molar-refractivity contribution in [1.82, 2.24) is 15.3 Å². The molecule has 1 aliphatic heterocycles. The number of nitrogens with zero attached hydrogens (tertiary/aromatic N) is 2. The van der Waals surface area contributed by atoms with Crippen LogP contribution in [-0.2, 0) is 6.54 Å². The van der Waals surface area contributed by atoms with Gasteiger partial charge in [-0.05, 0) is 25.1 Å². The van der Waals surface area contributed by atoms with E-state index < -0.39 is 0 Å². The zero-order valence-electron chi connectivity index (χ0n) is 11.3. The van der Waals surface area contributed by atoms with E-state index in [9.17, 15) is 4.79 Å². The fraction of sp³-hybridized carbons (Fsp3) is 0.286. The highest BCUT2D eigenvalue weighted by Gasteiger charge is 2.20. The Morgan fingerprint density at radius 2 is 2.35 bits per heavy atom. The Kier molecular flexibility index (Phi) is 3.28. The second-order valence-corrected chi connectivity index (χ2v) is 4.76. The van der Waals surface area contributed by atoms with Gasteiger partial charge >= 0.3 is 6.03 Å². The Morgan fingerprint density at radius 3 is 3.05 bits per heavy atom. The van der Waals surface area contributed by atoms with E-state index in [1.54, 1.807) is 11.2 Å². The standard InChI is InChI=1S/C14H17N5O/c1-10-13(18-9-17-10)8-16-11-3-2-4-12(7-11)19-6-5-15-14(19)20/h2-4,7,9,16H,5-6,8H2,1H3,(H,15,20)(H,17,18). The van der Waals surface area contributed by atoms with Gasteiger partial charge in [0.05, 0.1) is 18.6 Å². The van der Waals surface area contributed by atoms with E-state index in [0.717, 1.165) is 22.8 Å². The number of H-pyrrole nitrogens is 1. The van der Waals surface area contributed by atoms with Crippen molar-refractivity contribution in [3.05, 3.63) is 42.0 Å². The topological polar surface area (TPSA) is 73.1 Å². The summed E-state index contributed by atoms with van der Waals surface area (Å²) in [6.07, 6.45) is 1.69. The molecule has 2 aromatic rings. The van der Waals surface area contributed by atoms with Crippen molar-refractivity contribution in [1.29, 1.82) is 0 Å². The number of rotatable bonds is 4. The van der Waals surface area contributed by atoms with Crippen LogP contribution in [-0.4, -0.2) is 29.1 Å². The van der Waals surface area contributed by atoms with Crippen molar-refractivity contribution in [2.75, 3.05) is 23.3 Å². The molecule has 6 heteroatoms. The third-order valence-corrected chi connectivity index (χ3v) is 3.41. The predicted molar refractivity (Wildman–Crippen MR) is 77.8 cm³/mol. The van der Waals surface area contributed by atoms with Gasteiger partial charge in [-0.1, -0.05) is 6.07 Å². The number of imidazole rings is 1. The minimum absolute atomic E-state index is 0.0368. The third kappa shape index (κ3) is 2.45. The minimum Gasteiger partial charge on any atom is -0.379 e. The number of urea groups is 1. The van der Waals surface area contributed by atoms with Crippen LogP contribution in [0.3, 0.4) is 0 Å². The van der Waals surface area contributed by atoms with Gasteiger partial charge in [0.2, 0.25) is 0 Å². The van der Waals surface area contributed by atoms with Crippen LogP contribution in [0.25, 0.3) is 0 Å². The predicted octanol–water partition coefficient (Wildman–Crippen LogP) is 1.86. The normalized spacial score (nSPS) is 14.4. The number of benzene rings is 1. The maximum atomic E-state index is 11.7. The number of amides is 2. The van der Waals surface area contributed by atoms with Gasteiger partial charge in [0.15, 0.2) is 0 Å². The number of anilines is 2. The molecule has 1 aliphatic rings. The Bertz CT molecular complexity index is 622. The highest BCUT2D eigenvalue weighted by atomic mass is 16.2. The maximum absolute atomic E-state index is 11.7. The first-order valence-corrected chi connectivity index (χ1v) is 6.62. The molecule has 2 heterocycles. The van der Waals surface area contributed by atoms with E-state index in [2.05, 4.69) is 20.6 Å². The number of aryl methyl sites for hydroxylation is 1. The van der Waals surface area contributed by atoms with Crippen LogP contribution in [0.4, 0.5) is 16.2 Å². The minimum atomic E-state index is -0.0368. The molecule has 1 saturated heterocycles. The van der Waals surface area contributed by atoms with Crippen LogP contribution < -0.4 is 15.5 Å². The lowest BCUT2D eigenvalue weighted by Crippen LogP contribution is -2.27. The number of carbonyl (C=O) groups excluding carboxylic acids is 1. The highest BCUT2D eigenvalue weighted by Crippen LogP contribution is 2.21. The second-order valence-electron chi connectivity index (χ2n) is 4.76. The van der Waals surface area contributed by atoms with Gasteiger partial charge in [0.1, 0.15) is 0 Å². The van der Waals surface area contributed by atoms with E-state index in [-0.39, 0.29) is 6.03 Å². The average Bonchev–Trinajstić information content (AvgIpc) is 3.05. The number of aromatic amines is 1. The van der Waals surface area contributed by atoms with Crippen LogP contribution in [0.1, 0.15) is 11.4 Å². The van der Waals surface area contributed by atoms with Crippen LogP contribution in [0.5, 0.6) is 0 Å². The van der Waals surface area contributed by atoms with Crippen LogP contribution in [0, 0.1) is 6.92 Å². The van der Waals surface area contributed by atoms with Crippen molar-refractivity contribution >= 4 is 17.4 Å². The molecular weight excluding hydrogens is 254 g/mol. The molecule has 1 aromatic carbocycles. The summed E-state index contributed by atoms with van der Waals surface area (Å²) < 4.78 is 0. The SMILES string of the molecule is Cc1[nH]cnc1CNc1cccc(N2CCNC2=O)c1. The first kappa shape index (κ1) is 12.5. The van der Waals surface area contributed by atoms with Crippen molar-refractivity contribution in [2.24, 2.45) is 0 Å². The molecule has 3 rings (SSSR count). The molecule has 1 fully saturated rings. The molecule has 0 aliphatic carbocycles. The molecule has 0 radical (unpaired) electrons. The Balaban J connectivity index is 1.71. The Hall–Kier alpha value is -2.50. The van der Waals surface area contributed by atoms with Crippen molar-refractivity contribution in [3.8, 4) is 0 Å². The lowest BCUT2D eigenvalue weighted by atomic mass is 10.2. The number of carbonyl (C=O) groups is 1. The zero-order chi connectivity index (χ0) is 13.9. The average molecular weight is 271 g/mol. The molecule has 0 unspecified atom stereocenters. The number of hydrogen-bond acceptors (Lipinski definition) is 3. The Morgan fingerprint density at radius 1 is 1.45 bits per heavy atom. The van der Waals surface area contributed by atoms with E-state index in [1.165, 1.54) is 0 Å². The van der Waals surface area contributed by atoms with Gasteiger partial charge in [-0.2, -0.15) is 0 Å². The summed E-state index contributed by atoms with van der Waals surface area (Å²) in [7, 11) is 0. The van der Waals surface area contributed by atoms with Crippen molar-refractivity contribution < 1.29 is 4.79 Å². The fourth-order valence-corrected chi connectivity index (χ4v) is 2.25. The summed E-state index contributed by atoms with van der Waals surface area (Å²) >= 11 is 0. The van der Waals surface area contributed by atoms with Gasteiger partial charge in [-0.15, -0.1) is 0 Å². The van der Waals surface area contributed by atoms with Gasteiger partial charge in [0.25, 0.3) is 0 Å². The monoisotopic (exact) mass is 271 g/mol. The molecule has 0 spiro atoms. The zero-order valence-corrected chi connectivity index (χ0v) is 11.3. The second kappa shape index (κ2) is 5.24. The maximum Gasteiger partial charge on any atom is 0.321 e. The number of hydrogen-bond donors (Lipinski definition) is 3. The summed E-state index contributed by atoms with van der Waals surface area (Å²) in [4.78, 5) is 20.7. The van der Waals surface area contributed by atoms with Gasteiger partial charge in [-0.25, -0.2) is 9.78 Å². The summed E-state index contributed by atoms with van der Waals surface area (Å²) in [5.41, 5.74) is 3.94. The number of aromatic nitrogens is 2. The summed E-state index contributed by atoms with van der Waals surface area (Å²) in [5, 5.41) is 6.13. The van der Waals surface area contributed by atoms with Crippen LogP contribution in [0.15, 0.2) is 30.6 Å². The molecule has 6 nitrogen and oxygen atoms in total. The first-order chi connectivity index (χ1) is 9.74. The third-order valence-electron chi connectivity index (χ3n) is 3.41. The molecule has 0 atom stereocenters. The van der Waals surface area contributed by atoms with Crippen LogP contribution in [0.2, 0.25) is 0 Å². The fourth-order valence-electron chi connectivity index (χ4n) is 2.25. The smallest absolute Gasteiger partial charge is 0.321 e. The van der Waals surface area contributed by atoms with E-state index >= 15 is 0 Å². The Labute approximate surface area is 117 Å². The van der Waals surface area contributed by atoms with Gasteiger partial charge in [0, 0.05) is 30.2 Å². The molecule has 0 saturated carbocycles. The van der Waals surface area contributed by atoms with Crippen molar-refractivity contribution in [3.63, 3.8) is 0 Å². The van der Waals surface area contributed by atoms with Crippen LogP contribution >= 0.6 is 0 Å². The molecular formula is C14H17N5O. The number of nitrogens with one attached hydrogen (secondary N) is 3. The quantitative estimate of drug-likeness (QED) is 0.794. The van der Waals surface area contributed by atoms with E-state index in [0.29, 0.717) is 19.6 Å². The van der Waals surface area contributed by atoms with Crippen molar-refractivity contribution in [2.45, 2.75) is 13.5 Å². The first-order valence-electron chi connectivity index (χ1n) is 6.62. The summed E-state index contributed by atoms with van der Waals surface area (Å²) in [6.45, 7) is 4.06.